The SMILES string of the molecule is CCCCCCCCCNSc1ccccc1. The van der Waals surface area contributed by atoms with E-state index in [1.165, 1.54) is 49.8 Å². The van der Waals surface area contributed by atoms with Gasteiger partial charge in [-0.1, -0.05) is 63.6 Å². The third-order valence-corrected chi connectivity index (χ3v) is 3.67. The summed E-state index contributed by atoms with van der Waals surface area (Å²) in [5.41, 5.74) is 0. The van der Waals surface area contributed by atoms with E-state index in [9.17, 15) is 0 Å². The molecule has 1 aromatic rings. The van der Waals surface area contributed by atoms with Crippen LogP contribution in [0, 0.1) is 0 Å². The van der Waals surface area contributed by atoms with E-state index in [4.69, 9.17) is 0 Å². The summed E-state index contributed by atoms with van der Waals surface area (Å²) in [5, 5.41) is 0. The molecule has 0 radical (unpaired) electrons. The lowest BCUT2D eigenvalue weighted by Crippen LogP contribution is -2.04. The Kier molecular flexibility index (Phi) is 9.16. The highest BCUT2D eigenvalue weighted by Gasteiger charge is 1.93. The average molecular weight is 251 g/mol. The summed E-state index contributed by atoms with van der Waals surface area (Å²) in [6.45, 7) is 3.39. The molecule has 0 bridgehead atoms. The van der Waals surface area contributed by atoms with Crippen molar-refractivity contribution in [2.75, 3.05) is 6.54 Å². The molecule has 0 fully saturated rings. The molecule has 0 aliphatic carbocycles. The van der Waals surface area contributed by atoms with Crippen LogP contribution in [0.25, 0.3) is 0 Å². The highest BCUT2D eigenvalue weighted by Crippen LogP contribution is 2.13. The molecule has 0 amide bonds. The number of unbranched alkanes of at least 4 members (excludes halogenated alkanes) is 6. The normalized spacial score (nSPS) is 10.6. The Bertz CT molecular complexity index is 261. The van der Waals surface area contributed by atoms with Crippen LogP contribution < -0.4 is 4.72 Å². The quantitative estimate of drug-likeness (QED) is 0.462. The second-order valence-corrected chi connectivity index (χ2v) is 5.39. The lowest BCUT2D eigenvalue weighted by atomic mass is 10.1. The second kappa shape index (κ2) is 10.7. The molecule has 0 unspecified atom stereocenters. The molecule has 1 nitrogen and oxygen atoms in total. The van der Waals surface area contributed by atoms with Crippen LogP contribution in [0.1, 0.15) is 51.9 Å². The molecule has 1 aromatic carbocycles. The van der Waals surface area contributed by atoms with E-state index in [1.54, 1.807) is 11.9 Å². The fraction of sp³-hybridized carbons (Fsp3) is 0.600. The number of hydrogen-bond donors (Lipinski definition) is 1. The highest BCUT2D eigenvalue weighted by molar-refractivity contribution is 7.97. The summed E-state index contributed by atoms with van der Waals surface area (Å²) in [4.78, 5) is 1.30. The number of nitrogens with one attached hydrogen (secondary N) is 1. The van der Waals surface area contributed by atoms with Gasteiger partial charge in [-0.05, 0) is 30.5 Å². The van der Waals surface area contributed by atoms with Gasteiger partial charge in [0.1, 0.15) is 0 Å². The van der Waals surface area contributed by atoms with Crippen LogP contribution >= 0.6 is 11.9 Å². The molecule has 1 rings (SSSR count). The Morgan fingerprint density at radius 1 is 0.882 bits per heavy atom. The van der Waals surface area contributed by atoms with Crippen LogP contribution in [0.15, 0.2) is 35.2 Å². The van der Waals surface area contributed by atoms with Crippen molar-refractivity contribution < 1.29 is 0 Å². The Morgan fingerprint density at radius 3 is 2.24 bits per heavy atom. The minimum atomic E-state index is 1.12. The Hall–Kier alpha value is -0.470. The summed E-state index contributed by atoms with van der Waals surface area (Å²) in [5.74, 6) is 0. The van der Waals surface area contributed by atoms with Gasteiger partial charge in [-0.2, -0.15) is 0 Å². The second-order valence-electron chi connectivity index (χ2n) is 4.43. The molecular formula is C15H25NS. The Balaban J connectivity index is 1.85. The minimum absolute atomic E-state index is 1.12. The summed E-state index contributed by atoms with van der Waals surface area (Å²) in [6.07, 6.45) is 9.65. The molecule has 2 heteroatoms. The lowest BCUT2D eigenvalue weighted by Gasteiger charge is -2.04. The highest BCUT2D eigenvalue weighted by atomic mass is 32.2. The van der Waals surface area contributed by atoms with E-state index < -0.39 is 0 Å². The molecule has 0 aromatic heterocycles. The standard InChI is InChI=1S/C15H25NS/c1-2-3-4-5-6-7-11-14-16-17-15-12-9-8-10-13-15/h8-10,12-13,16H,2-7,11,14H2,1H3. The van der Waals surface area contributed by atoms with Crippen LogP contribution in [0.3, 0.4) is 0 Å². The van der Waals surface area contributed by atoms with Gasteiger partial charge in [0.05, 0.1) is 0 Å². The smallest absolute Gasteiger partial charge is 0.0228 e. The van der Waals surface area contributed by atoms with Gasteiger partial charge < -0.3 is 0 Å². The molecule has 0 heterocycles. The van der Waals surface area contributed by atoms with E-state index in [2.05, 4.69) is 42.0 Å². The molecule has 0 aliphatic heterocycles. The predicted molar refractivity (Wildman–Crippen MR) is 78.3 cm³/mol. The average Bonchev–Trinajstić information content (AvgIpc) is 2.38. The molecule has 0 saturated carbocycles. The molecule has 1 N–H and O–H groups in total. The summed E-state index contributed by atoms with van der Waals surface area (Å²) < 4.78 is 3.42. The van der Waals surface area contributed by atoms with Crippen molar-refractivity contribution in [1.29, 1.82) is 0 Å². The zero-order chi connectivity index (χ0) is 12.2. The van der Waals surface area contributed by atoms with Gasteiger partial charge in [0, 0.05) is 11.4 Å². The fourth-order valence-corrected chi connectivity index (χ4v) is 2.48. The van der Waals surface area contributed by atoms with Crippen molar-refractivity contribution in [1.82, 2.24) is 4.72 Å². The van der Waals surface area contributed by atoms with E-state index in [0.717, 1.165) is 6.54 Å². The van der Waals surface area contributed by atoms with Crippen molar-refractivity contribution in [3.8, 4) is 0 Å². The summed E-state index contributed by atoms with van der Waals surface area (Å²) >= 11 is 1.74. The van der Waals surface area contributed by atoms with Gasteiger partial charge in [-0.3, -0.25) is 4.72 Å². The van der Waals surface area contributed by atoms with Gasteiger partial charge in [0.2, 0.25) is 0 Å². The van der Waals surface area contributed by atoms with E-state index in [1.807, 2.05) is 0 Å². The molecule has 96 valence electrons. The van der Waals surface area contributed by atoms with Crippen molar-refractivity contribution in [2.45, 2.75) is 56.8 Å². The third kappa shape index (κ3) is 8.28. The predicted octanol–water partition coefficient (Wildman–Crippen LogP) is 5.03. The number of hydrogen-bond acceptors (Lipinski definition) is 2. The monoisotopic (exact) mass is 251 g/mol. The summed E-state index contributed by atoms with van der Waals surface area (Å²) in [6, 6.07) is 10.5. The first-order valence-electron chi connectivity index (χ1n) is 6.88. The number of benzene rings is 1. The van der Waals surface area contributed by atoms with Crippen LogP contribution in [0.2, 0.25) is 0 Å². The molecule has 0 aliphatic rings. The van der Waals surface area contributed by atoms with Crippen molar-refractivity contribution >= 4 is 11.9 Å². The maximum Gasteiger partial charge on any atom is 0.0228 e. The Morgan fingerprint density at radius 2 is 1.53 bits per heavy atom. The van der Waals surface area contributed by atoms with Gasteiger partial charge >= 0.3 is 0 Å². The third-order valence-electron chi connectivity index (χ3n) is 2.82. The maximum atomic E-state index is 3.42. The van der Waals surface area contributed by atoms with Crippen LogP contribution in [0.4, 0.5) is 0 Å². The van der Waals surface area contributed by atoms with Crippen molar-refractivity contribution in [2.24, 2.45) is 0 Å². The van der Waals surface area contributed by atoms with Crippen LogP contribution in [0.5, 0.6) is 0 Å². The minimum Gasteiger partial charge on any atom is -0.260 e. The largest absolute Gasteiger partial charge is 0.260 e. The van der Waals surface area contributed by atoms with Crippen LogP contribution in [-0.4, -0.2) is 6.54 Å². The summed E-state index contributed by atoms with van der Waals surface area (Å²) in [7, 11) is 0. The first-order chi connectivity index (χ1) is 8.43. The zero-order valence-electron chi connectivity index (χ0n) is 11.0. The fourth-order valence-electron chi connectivity index (χ4n) is 1.78. The van der Waals surface area contributed by atoms with Crippen molar-refractivity contribution in [3.63, 3.8) is 0 Å². The molecule has 0 spiro atoms. The van der Waals surface area contributed by atoms with Gasteiger partial charge in [0.15, 0.2) is 0 Å². The topological polar surface area (TPSA) is 12.0 Å². The molecule has 17 heavy (non-hydrogen) atoms. The molecule has 0 saturated heterocycles. The van der Waals surface area contributed by atoms with E-state index >= 15 is 0 Å². The number of rotatable bonds is 10. The van der Waals surface area contributed by atoms with E-state index in [0.29, 0.717) is 0 Å². The lowest BCUT2D eigenvalue weighted by molar-refractivity contribution is 0.588. The Labute approximate surface area is 111 Å². The molecular weight excluding hydrogens is 226 g/mol. The molecule has 0 atom stereocenters. The first kappa shape index (κ1) is 14.6. The van der Waals surface area contributed by atoms with Crippen molar-refractivity contribution in [3.05, 3.63) is 30.3 Å². The maximum absolute atomic E-state index is 3.42. The first-order valence-corrected chi connectivity index (χ1v) is 7.70. The van der Waals surface area contributed by atoms with Crippen LogP contribution in [-0.2, 0) is 0 Å². The van der Waals surface area contributed by atoms with E-state index in [-0.39, 0.29) is 0 Å². The zero-order valence-corrected chi connectivity index (χ0v) is 11.8. The van der Waals surface area contributed by atoms with Gasteiger partial charge in [0.25, 0.3) is 0 Å². The van der Waals surface area contributed by atoms with Gasteiger partial charge in [-0.15, -0.1) is 0 Å². The van der Waals surface area contributed by atoms with Gasteiger partial charge in [-0.25, -0.2) is 0 Å².